The molecule has 2 heteroatoms. The summed E-state index contributed by atoms with van der Waals surface area (Å²) < 4.78 is 3.39. The van der Waals surface area contributed by atoms with Gasteiger partial charge in [0.15, 0.2) is 0 Å². The van der Waals surface area contributed by atoms with E-state index in [1.807, 2.05) is 3.33 Å². The molecular formula is C12H19BrHf. The van der Waals surface area contributed by atoms with Crippen molar-refractivity contribution in [1.29, 1.82) is 0 Å². The standard InChI is InChI=1S/C5H5.C4H9.C3H5Br.Hf/c1-2-4-5-3-1;1-3-4-2;1-2-3-4;/h1-3H,4H2;1,3-4H2,2H3;2H,1,3H2;. The van der Waals surface area contributed by atoms with Gasteiger partial charge in [0, 0.05) is 5.33 Å². The molecule has 0 aromatic heterocycles. The van der Waals surface area contributed by atoms with Gasteiger partial charge < -0.3 is 0 Å². The Morgan fingerprint density at radius 1 is 1.64 bits per heavy atom. The molecule has 78 valence electrons. The minimum atomic E-state index is -0.283. The average molecular weight is 422 g/mol. The molecule has 0 unspecified atom stereocenters. The molecular weight excluding hydrogens is 403 g/mol. The first-order chi connectivity index (χ1) is 6.85. The van der Waals surface area contributed by atoms with Crippen molar-refractivity contribution in [2.75, 3.05) is 5.33 Å². The molecule has 0 bridgehead atoms. The zero-order valence-electron chi connectivity index (χ0n) is 8.93. The van der Waals surface area contributed by atoms with Crippen LogP contribution in [0.5, 0.6) is 0 Å². The first-order valence-electron chi connectivity index (χ1n) is 5.11. The number of rotatable bonds is 5. The first-order valence-corrected chi connectivity index (χ1v) is 10.6. The molecule has 1 rings (SSSR count). The van der Waals surface area contributed by atoms with E-state index < -0.39 is 0 Å². The normalized spacial score (nSPS) is 12.9. The second kappa shape index (κ2) is 11.6. The summed E-state index contributed by atoms with van der Waals surface area (Å²) in [7, 11) is 0. The number of hydrogen-bond donors (Lipinski definition) is 0. The van der Waals surface area contributed by atoms with Gasteiger partial charge in [-0.3, -0.25) is 0 Å². The molecule has 1 aliphatic carbocycles. The summed E-state index contributed by atoms with van der Waals surface area (Å²) >= 11 is 2.85. The molecule has 0 N–H and O–H groups in total. The third kappa shape index (κ3) is 9.14. The van der Waals surface area contributed by atoms with Gasteiger partial charge >= 0.3 is 74.8 Å². The Morgan fingerprint density at radius 3 is 2.79 bits per heavy atom. The van der Waals surface area contributed by atoms with E-state index in [2.05, 4.69) is 47.7 Å². The molecule has 0 aromatic carbocycles. The van der Waals surface area contributed by atoms with Crippen LogP contribution in [-0.2, 0) is 22.9 Å². The van der Waals surface area contributed by atoms with Crippen molar-refractivity contribution in [2.45, 2.75) is 30.4 Å². The molecule has 0 amide bonds. The molecule has 0 saturated heterocycles. The molecule has 0 atom stereocenters. The number of alkyl halides is 1. The van der Waals surface area contributed by atoms with Crippen molar-refractivity contribution in [1.82, 2.24) is 0 Å². The van der Waals surface area contributed by atoms with Crippen LogP contribution in [0, 0.1) is 0 Å². The molecule has 0 saturated carbocycles. The van der Waals surface area contributed by atoms with E-state index in [1.54, 1.807) is 10.3 Å². The SMILES string of the molecule is C=CCBr.CCC[CH2][Hf][C]1=CC=CC1. The van der Waals surface area contributed by atoms with E-state index in [0.29, 0.717) is 0 Å². The van der Waals surface area contributed by atoms with Crippen LogP contribution in [0.1, 0.15) is 26.2 Å². The quantitative estimate of drug-likeness (QED) is 0.261. The number of halogens is 1. The maximum absolute atomic E-state index is 3.43. The molecule has 0 nitrogen and oxygen atoms in total. The van der Waals surface area contributed by atoms with E-state index >= 15 is 0 Å². The van der Waals surface area contributed by atoms with Gasteiger partial charge in [-0.15, -0.1) is 6.58 Å². The molecule has 0 radical (unpaired) electrons. The van der Waals surface area contributed by atoms with Crippen LogP contribution in [-0.4, -0.2) is 5.33 Å². The molecule has 0 heterocycles. The number of hydrogen-bond acceptors (Lipinski definition) is 0. The van der Waals surface area contributed by atoms with Crippen molar-refractivity contribution < 1.29 is 22.9 Å². The maximum atomic E-state index is 3.43. The van der Waals surface area contributed by atoms with E-state index in [4.69, 9.17) is 0 Å². The van der Waals surface area contributed by atoms with Crippen molar-refractivity contribution >= 4 is 15.9 Å². The van der Waals surface area contributed by atoms with Gasteiger partial charge in [-0.1, -0.05) is 22.0 Å². The van der Waals surface area contributed by atoms with Gasteiger partial charge in [0.2, 0.25) is 0 Å². The van der Waals surface area contributed by atoms with Gasteiger partial charge in [-0.05, 0) is 0 Å². The fraction of sp³-hybridized carbons (Fsp3) is 0.500. The van der Waals surface area contributed by atoms with Crippen molar-refractivity contribution in [3.8, 4) is 0 Å². The van der Waals surface area contributed by atoms with Crippen molar-refractivity contribution in [3.05, 3.63) is 34.2 Å². The number of unbranched alkanes of at least 4 members (excludes halogenated alkanes) is 1. The molecule has 0 spiro atoms. The Labute approximate surface area is 108 Å². The fourth-order valence-corrected chi connectivity index (χ4v) is 5.77. The van der Waals surface area contributed by atoms with Gasteiger partial charge in [0.1, 0.15) is 0 Å². The van der Waals surface area contributed by atoms with E-state index in [1.165, 1.54) is 19.3 Å². The summed E-state index contributed by atoms with van der Waals surface area (Å²) in [5, 5.41) is 0.896. The Balaban J connectivity index is 0.000000364. The van der Waals surface area contributed by atoms with E-state index in [9.17, 15) is 0 Å². The van der Waals surface area contributed by atoms with Crippen LogP contribution in [0.15, 0.2) is 34.2 Å². The Morgan fingerprint density at radius 2 is 2.36 bits per heavy atom. The zero-order valence-corrected chi connectivity index (χ0v) is 14.1. The summed E-state index contributed by atoms with van der Waals surface area (Å²) in [6.45, 7) is 5.71. The van der Waals surface area contributed by atoms with Crippen LogP contribution in [0.25, 0.3) is 0 Å². The Bertz CT molecular complexity index is 194. The second-order valence-electron chi connectivity index (χ2n) is 3.05. The van der Waals surface area contributed by atoms with Crippen LogP contribution < -0.4 is 0 Å². The summed E-state index contributed by atoms with van der Waals surface area (Å²) in [6, 6.07) is 0. The summed E-state index contributed by atoms with van der Waals surface area (Å²) in [6.07, 6.45) is 12.8. The van der Waals surface area contributed by atoms with Crippen LogP contribution in [0.3, 0.4) is 0 Å². The number of allylic oxidation sites excluding steroid dienone is 5. The molecule has 0 aliphatic heterocycles. The van der Waals surface area contributed by atoms with Gasteiger partial charge in [-0.2, -0.15) is 0 Å². The fourth-order valence-electron chi connectivity index (χ4n) is 1.00. The predicted octanol–water partition coefficient (Wildman–Crippen LogP) is 4.70. The van der Waals surface area contributed by atoms with Gasteiger partial charge in [0.25, 0.3) is 0 Å². The summed E-state index contributed by atoms with van der Waals surface area (Å²) in [5.74, 6) is 0. The van der Waals surface area contributed by atoms with Crippen molar-refractivity contribution in [2.24, 2.45) is 0 Å². The zero-order chi connectivity index (χ0) is 10.6. The summed E-state index contributed by atoms with van der Waals surface area (Å²) in [5.41, 5.74) is 0. The minimum absolute atomic E-state index is 0.283. The Hall–Kier alpha value is 0.570. The predicted molar refractivity (Wildman–Crippen MR) is 65.5 cm³/mol. The first kappa shape index (κ1) is 14.6. The van der Waals surface area contributed by atoms with Crippen LogP contribution >= 0.6 is 15.9 Å². The van der Waals surface area contributed by atoms with Gasteiger partial charge in [-0.25, -0.2) is 0 Å². The molecule has 1 aliphatic rings. The monoisotopic (exact) mass is 422 g/mol. The average Bonchev–Trinajstić information content (AvgIpc) is 2.72. The molecule has 0 aromatic rings. The van der Waals surface area contributed by atoms with E-state index in [0.717, 1.165) is 5.33 Å². The molecule has 14 heavy (non-hydrogen) atoms. The second-order valence-corrected chi connectivity index (χ2v) is 9.07. The van der Waals surface area contributed by atoms with E-state index in [-0.39, 0.29) is 22.9 Å². The molecule has 0 fully saturated rings. The third-order valence-corrected chi connectivity index (χ3v) is 7.35. The third-order valence-electron chi connectivity index (χ3n) is 1.76. The summed E-state index contributed by atoms with van der Waals surface area (Å²) in [4.78, 5) is 0. The topological polar surface area (TPSA) is 0 Å². The van der Waals surface area contributed by atoms with Crippen LogP contribution in [0.2, 0.25) is 4.18 Å². The van der Waals surface area contributed by atoms with Crippen LogP contribution in [0.4, 0.5) is 0 Å². The van der Waals surface area contributed by atoms with Gasteiger partial charge in [0.05, 0.1) is 0 Å². The van der Waals surface area contributed by atoms with Crippen molar-refractivity contribution in [3.63, 3.8) is 0 Å². The Kier molecular flexibility index (Phi) is 12.1.